The van der Waals surface area contributed by atoms with E-state index in [9.17, 15) is 39.6 Å². The van der Waals surface area contributed by atoms with E-state index < -0.39 is 74.5 Å². The molecule has 0 bridgehead atoms. The molecule has 0 spiro atoms. The number of aliphatic hydroxyl groups is 4. The minimum atomic E-state index is -0.797. The van der Waals surface area contributed by atoms with Crippen molar-refractivity contribution in [2.75, 3.05) is 107 Å². The number of hydrogen-bond acceptors (Lipinski definition) is 16. The van der Waals surface area contributed by atoms with Crippen LogP contribution in [0.3, 0.4) is 0 Å². The van der Waals surface area contributed by atoms with E-state index in [0.717, 1.165) is 0 Å². The van der Waals surface area contributed by atoms with E-state index >= 15 is 0 Å². The first-order chi connectivity index (χ1) is 19.1. The fourth-order valence-corrected chi connectivity index (χ4v) is 4.53. The summed E-state index contributed by atoms with van der Waals surface area (Å²) in [6, 6.07) is -3.19. The third-order valence-corrected chi connectivity index (χ3v) is 6.93. The number of nitrogens with zero attached hydrogens (tertiary/aromatic N) is 4. The summed E-state index contributed by atoms with van der Waals surface area (Å²) in [4.78, 5) is 55.4. The zero-order valence-electron chi connectivity index (χ0n) is 25.0. The maximum absolute atomic E-state index is 12.3. The summed E-state index contributed by atoms with van der Waals surface area (Å²) < 4.78 is 19.3. The molecule has 1 heterocycles. The van der Waals surface area contributed by atoms with E-state index in [0.29, 0.717) is 0 Å². The molecule has 0 amide bonds. The van der Waals surface area contributed by atoms with E-state index in [1.165, 1.54) is 28.4 Å². The number of aliphatic hydroxyl groups excluding tert-OH is 4. The van der Waals surface area contributed by atoms with Crippen molar-refractivity contribution in [1.29, 1.82) is 0 Å². The topological polar surface area (TPSA) is 199 Å². The Morgan fingerprint density at radius 3 is 0.786 bits per heavy atom. The first-order valence-corrected chi connectivity index (χ1v) is 12.8. The Morgan fingerprint density at radius 1 is 0.500 bits per heavy atom. The standard InChI is InChI=1S/C24H44N4O12.Gd.Na/c1-37-21(33)9-25-5-18(14-30)27(11-23(35)39-3)7-20(16-32)28(12-24(36)40-4)8-19(15-31)26(6-17(25)13-29)10-22(34)38-2;;/h17-20,29-32H,5-16H2,1-4H3;;/q;+3;+1/t17-,18-,19-,20-;;/m0../s1. The Morgan fingerprint density at radius 2 is 0.667 bits per heavy atom. The van der Waals surface area contributed by atoms with E-state index in [2.05, 4.69) is 0 Å². The van der Waals surface area contributed by atoms with Crippen LogP contribution in [-0.4, -0.2) is 195 Å². The molecule has 0 aromatic carbocycles. The quantitative estimate of drug-likeness (QED) is 0.0831. The van der Waals surface area contributed by atoms with Gasteiger partial charge >= 0.3 is 93.4 Å². The molecule has 0 aromatic rings. The zero-order chi connectivity index (χ0) is 30.2. The van der Waals surface area contributed by atoms with E-state index in [-0.39, 0.29) is 122 Å². The van der Waals surface area contributed by atoms with Gasteiger partial charge in [0.1, 0.15) is 0 Å². The van der Waals surface area contributed by atoms with E-state index in [4.69, 9.17) is 18.9 Å². The van der Waals surface area contributed by atoms with Crippen LogP contribution in [0.2, 0.25) is 0 Å². The Kier molecular flexibility index (Phi) is 25.3. The molecule has 1 aliphatic rings. The van der Waals surface area contributed by atoms with Crippen molar-refractivity contribution in [2.24, 2.45) is 0 Å². The molecule has 1 saturated heterocycles. The van der Waals surface area contributed by atoms with Crippen molar-refractivity contribution in [3.8, 4) is 0 Å². The third kappa shape index (κ3) is 14.8. The number of carbonyl (C=O) groups is 4. The number of esters is 4. The van der Waals surface area contributed by atoms with Gasteiger partial charge in [0.15, 0.2) is 0 Å². The van der Waals surface area contributed by atoms with E-state index in [1.807, 2.05) is 0 Å². The van der Waals surface area contributed by atoms with Crippen LogP contribution in [0.25, 0.3) is 0 Å². The zero-order valence-corrected chi connectivity index (χ0v) is 29.3. The Labute approximate surface area is 300 Å². The van der Waals surface area contributed by atoms with Gasteiger partial charge in [-0.15, -0.1) is 0 Å². The van der Waals surface area contributed by atoms with Crippen LogP contribution in [0.4, 0.5) is 0 Å². The van der Waals surface area contributed by atoms with Crippen molar-refractivity contribution < 1.29 is 128 Å². The average Bonchev–Trinajstić information content (AvgIpc) is 2.96. The molecule has 18 heteroatoms. The van der Waals surface area contributed by atoms with Gasteiger partial charge in [-0.2, -0.15) is 0 Å². The summed E-state index contributed by atoms with van der Waals surface area (Å²) in [5.41, 5.74) is 0. The molecule has 4 atom stereocenters. The second-order valence-corrected chi connectivity index (χ2v) is 9.37. The predicted octanol–water partition coefficient (Wildman–Crippen LogP) is -7.65. The number of rotatable bonds is 12. The van der Waals surface area contributed by atoms with Crippen molar-refractivity contribution in [3.05, 3.63) is 0 Å². The van der Waals surface area contributed by atoms with Crippen LogP contribution in [-0.2, 0) is 38.1 Å². The second-order valence-electron chi connectivity index (χ2n) is 9.37. The molecular weight excluding hydrogens is 717 g/mol. The first kappa shape index (κ1) is 44.0. The average molecular weight is 761 g/mol. The Bertz CT molecular complexity index is 689. The molecule has 0 unspecified atom stereocenters. The first-order valence-electron chi connectivity index (χ1n) is 12.8. The largest absolute Gasteiger partial charge is 3.00 e. The molecule has 4 N–H and O–H groups in total. The summed E-state index contributed by atoms with van der Waals surface area (Å²) in [6.45, 7) is -3.26. The van der Waals surface area contributed by atoms with Crippen LogP contribution in [0.15, 0.2) is 0 Å². The Hall–Kier alpha value is -0.115. The predicted molar refractivity (Wildman–Crippen MR) is 138 cm³/mol. The second kappa shape index (κ2) is 24.2. The number of ether oxygens (including phenoxy) is 4. The molecular formula is C24H44GdN4NaO12+4. The molecule has 1 aliphatic heterocycles. The van der Waals surface area contributed by atoms with Crippen LogP contribution >= 0.6 is 0 Å². The maximum Gasteiger partial charge on any atom is 3.00 e. The molecule has 1 fully saturated rings. The number of methoxy groups -OCH3 is 4. The van der Waals surface area contributed by atoms with Gasteiger partial charge < -0.3 is 39.4 Å². The van der Waals surface area contributed by atoms with Gasteiger partial charge in [0.2, 0.25) is 0 Å². The smallest absolute Gasteiger partial charge is 0.468 e. The summed E-state index contributed by atoms with van der Waals surface area (Å²) in [7, 11) is 4.81. The molecule has 1 rings (SSSR count). The Balaban J connectivity index is 0. The normalized spacial score (nSPS) is 23.2. The molecule has 0 saturated carbocycles. The SMILES string of the molecule is COC(=O)CN1C[C@@H](CO)N(CC(=O)OC)C[C@@H](CO)N(CC(=O)OC)C[C@@H](CO)N(CC(=O)OC)C[C@H]1CO.[Gd+3].[Na+]. The van der Waals surface area contributed by atoms with E-state index in [1.54, 1.807) is 19.6 Å². The summed E-state index contributed by atoms with van der Waals surface area (Å²) in [5.74, 6) is -2.51. The summed E-state index contributed by atoms with van der Waals surface area (Å²) in [5, 5.41) is 41.4. The molecule has 42 heavy (non-hydrogen) atoms. The minimum absolute atomic E-state index is 0. The van der Waals surface area contributed by atoms with Gasteiger partial charge in [-0.3, -0.25) is 38.8 Å². The fourth-order valence-electron chi connectivity index (χ4n) is 4.53. The van der Waals surface area contributed by atoms with Gasteiger partial charge in [0, 0.05) is 50.3 Å². The van der Waals surface area contributed by atoms with Gasteiger partial charge in [-0.1, -0.05) is 0 Å². The van der Waals surface area contributed by atoms with Gasteiger partial charge in [-0.25, -0.2) is 0 Å². The van der Waals surface area contributed by atoms with Crippen LogP contribution in [0.1, 0.15) is 0 Å². The molecule has 16 nitrogen and oxygen atoms in total. The third-order valence-electron chi connectivity index (χ3n) is 6.93. The maximum atomic E-state index is 12.3. The van der Waals surface area contributed by atoms with Crippen molar-refractivity contribution >= 4 is 23.9 Å². The fraction of sp³-hybridized carbons (Fsp3) is 0.833. The minimum Gasteiger partial charge on any atom is -0.468 e. The van der Waals surface area contributed by atoms with Gasteiger partial charge in [-0.05, 0) is 0 Å². The molecule has 237 valence electrons. The molecule has 0 aromatic heterocycles. The van der Waals surface area contributed by atoms with Crippen molar-refractivity contribution in [1.82, 2.24) is 19.6 Å². The van der Waals surface area contributed by atoms with Crippen LogP contribution in [0, 0.1) is 39.9 Å². The van der Waals surface area contributed by atoms with Crippen LogP contribution in [0.5, 0.6) is 0 Å². The monoisotopic (exact) mass is 761 g/mol. The van der Waals surface area contributed by atoms with Gasteiger partial charge in [0.25, 0.3) is 0 Å². The van der Waals surface area contributed by atoms with Crippen molar-refractivity contribution in [3.63, 3.8) is 0 Å². The number of carbonyl (C=O) groups excluding carboxylic acids is 4. The van der Waals surface area contributed by atoms with Crippen LogP contribution < -0.4 is 29.6 Å². The summed E-state index contributed by atoms with van der Waals surface area (Å²) in [6.07, 6.45) is 0. The van der Waals surface area contributed by atoms with Gasteiger partial charge in [0.05, 0.1) is 81.0 Å². The molecule has 1 radical (unpaired) electrons. The molecule has 0 aliphatic carbocycles. The number of hydrogen-bond donors (Lipinski definition) is 4. The van der Waals surface area contributed by atoms with Crippen molar-refractivity contribution in [2.45, 2.75) is 24.2 Å². The summed E-state index contributed by atoms with van der Waals surface area (Å²) >= 11 is 0.